The Balaban J connectivity index is 1.54. The smallest absolute Gasteiger partial charge is 0.408 e. The first-order valence-corrected chi connectivity index (χ1v) is 11.3. The van der Waals surface area contributed by atoms with E-state index in [4.69, 9.17) is 4.74 Å². The molecule has 0 fully saturated rings. The molecular formula is C28H29N3O3. The number of rotatable bonds is 8. The van der Waals surface area contributed by atoms with Crippen molar-refractivity contribution in [1.82, 2.24) is 15.6 Å². The van der Waals surface area contributed by atoms with Crippen LogP contribution in [0.4, 0.5) is 4.79 Å². The molecule has 6 heteroatoms. The second kappa shape index (κ2) is 10.3. The molecule has 0 aliphatic carbocycles. The van der Waals surface area contributed by atoms with Gasteiger partial charge in [0.2, 0.25) is 5.91 Å². The van der Waals surface area contributed by atoms with E-state index < -0.39 is 11.6 Å². The Bertz CT molecular complexity index is 1250. The number of carbonyl (C=O) groups is 2. The molecule has 6 nitrogen and oxygen atoms in total. The molecule has 4 aromatic rings. The van der Waals surface area contributed by atoms with Gasteiger partial charge >= 0.3 is 6.09 Å². The van der Waals surface area contributed by atoms with Crippen LogP contribution in [0.1, 0.15) is 36.6 Å². The fourth-order valence-electron chi connectivity index (χ4n) is 4.01. The molecule has 3 N–H and O–H groups in total. The van der Waals surface area contributed by atoms with Crippen LogP contribution >= 0.6 is 0 Å². The lowest BCUT2D eigenvalue weighted by atomic mass is 9.91. The van der Waals surface area contributed by atoms with Crippen molar-refractivity contribution in [3.8, 4) is 0 Å². The molecule has 3 aromatic carbocycles. The third-order valence-electron chi connectivity index (χ3n) is 5.96. The number of hydrogen-bond acceptors (Lipinski definition) is 3. The van der Waals surface area contributed by atoms with Gasteiger partial charge in [0, 0.05) is 23.5 Å². The molecule has 0 bridgehead atoms. The highest BCUT2D eigenvalue weighted by atomic mass is 16.5. The van der Waals surface area contributed by atoms with Crippen LogP contribution in [0.15, 0.2) is 91.1 Å². The Morgan fingerprint density at radius 1 is 0.941 bits per heavy atom. The molecule has 4 rings (SSSR count). The molecule has 0 aliphatic rings. The molecule has 2 atom stereocenters. The molecule has 1 heterocycles. The van der Waals surface area contributed by atoms with Crippen molar-refractivity contribution in [2.75, 3.05) is 0 Å². The van der Waals surface area contributed by atoms with Gasteiger partial charge in [-0.2, -0.15) is 0 Å². The Morgan fingerprint density at radius 3 is 2.32 bits per heavy atom. The summed E-state index contributed by atoms with van der Waals surface area (Å²) in [5.41, 5.74) is 2.53. The summed E-state index contributed by atoms with van der Waals surface area (Å²) >= 11 is 0. The molecule has 34 heavy (non-hydrogen) atoms. The molecule has 0 aliphatic heterocycles. The van der Waals surface area contributed by atoms with Gasteiger partial charge in [0.25, 0.3) is 0 Å². The quantitative estimate of drug-likeness (QED) is 0.338. The summed E-state index contributed by atoms with van der Waals surface area (Å²) in [4.78, 5) is 29.5. The number of H-pyrrole nitrogens is 1. The molecule has 0 radical (unpaired) electrons. The van der Waals surface area contributed by atoms with Gasteiger partial charge in [-0.1, -0.05) is 78.9 Å². The average Bonchev–Trinajstić information content (AvgIpc) is 3.26. The number of alkyl carbamates (subject to hydrolysis) is 1. The minimum atomic E-state index is -1.23. The molecular weight excluding hydrogens is 426 g/mol. The fraction of sp³-hybridized carbons (Fsp3) is 0.214. The van der Waals surface area contributed by atoms with Gasteiger partial charge in [-0.3, -0.25) is 4.79 Å². The summed E-state index contributed by atoms with van der Waals surface area (Å²) in [6.07, 6.45) is 1.53. The molecule has 2 unspecified atom stereocenters. The van der Waals surface area contributed by atoms with Gasteiger partial charge in [0.15, 0.2) is 0 Å². The van der Waals surface area contributed by atoms with E-state index in [0.29, 0.717) is 6.42 Å². The van der Waals surface area contributed by atoms with Crippen molar-refractivity contribution in [3.63, 3.8) is 0 Å². The highest BCUT2D eigenvalue weighted by molar-refractivity contribution is 5.91. The number of benzene rings is 3. The number of fused-ring (bicyclic) bond motifs is 1. The van der Waals surface area contributed by atoms with Crippen LogP contribution < -0.4 is 10.6 Å². The Labute approximate surface area is 199 Å². The van der Waals surface area contributed by atoms with Crippen LogP contribution in [0.5, 0.6) is 0 Å². The molecule has 1 aromatic heterocycles. The van der Waals surface area contributed by atoms with Crippen LogP contribution in [0.3, 0.4) is 0 Å². The van der Waals surface area contributed by atoms with Crippen LogP contribution in [0, 0.1) is 0 Å². The lowest BCUT2D eigenvalue weighted by molar-refractivity contribution is -0.127. The van der Waals surface area contributed by atoms with Gasteiger partial charge in [0.1, 0.15) is 12.1 Å². The maximum atomic E-state index is 13.5. The van der Waals surface area contributed by atoms with E-state index in [1.807, 2.05) is 98.0 Å². The van der Waals surface area contributed by atoms with Gasteiger partial charge in [-0.15, -0.1) is 0 Å². The molecule has 0 saturated carbocycles. The highest BCUT2D eigenvalue weighted by Gasteiger charge is 2.37. The largest absolute Gasteiger partial charge is 0.445 e. The number of aromatic nitrogens is 1. The van der Waals surface area contributed by atoms with Crippen molar-refractivity contribution in [2.45, 2.75) is 38.5 Å². The van der Waals surface area contributed by atoms with E-state index in [0.717, 1.165) is 27.6 Å². The van der Waals surface area contributed by atoms with Crippen LogP contribution in [-0.2, 0) is 22.6 Å². The lowest BCUT2D eigenvalue weighted by Crippen LogP contribution is -2.58. The number of amides is 2. The Kier molecular flexibility index (Phi) is 6.97. The topological polar surface area (TPSA) is 83.2 Å². The lowest BCUT2D eigenvalue weighted by Gasteiger charge is -2.31. The minimum absolute atomic E-state index is 0.123. The predicted molar refractivity (Wildman–Crippen MR) is 133 cm³/mol. The molecule has 0 spiro atoms. The van der Waals surface area contributed by atoms with E-state index in [9.17, 15) is 9.59 Å². The third kappa shape index (κ3) is 5.46. The van der Waals surface area contributed by atoms with E-state index in [1.54, 1.807) is 6.92 Å². The first-order chi connectivity index (χ1) is 16.4. The predicted octanol–water partition coefficient (Wildman–Crippen LogP) is 5.27. The zero-order valence-electron chi connectivity index (χ0n) is 19.4. The SMILES string of the molecule is CC(NC(=O)C(C)(Cc1c[nH]c2ccccc12)NC(=O)OCc1ccccc1)c1ccccc1. The first-order valence-electron chi connectivity index (χ1n) is 11.3. The summed E-state index contributed by atoms with van der Waals surface area (Å²) in [6, 6.07) is 26.8. The van der Waals surface area contributed by atoms with Crippen LogP contribution in [0.25, 0.3) is 10.9 Å². The van der Waals surface area contributed by atoms with Crippen LogP contribution in [0.2, 0.25) is 0 Å². The number of carbonyl (C=O) groups excluding carboxylic acids is 2. The second-order valence-electron chi connectivity index (χ2n) is 8.66. The van der Waals surface area contributed by atoms with Crippen molar-refractivity contribution >= 4 is 22.9 Å². The molecule has 0 saturated heterocycles. The number of hydrogen-bond donors (Lipinski definition) is 3. The second-order valence-corrected chi connectivity index (χ2v) is 8.66. The zero-order valence-corrected chi connectivity index (χ0v) is 19.4. The van der Waals surface area contributed by atoms with Gasteiger partial charge in [0.05, 0.1) is 6.04 Å². The molecule has 174 valence electrons. The standard InChI is InChI=1S/C28H29N3O3/c1-20(22-13-7-4-8-14-22)30-26(32)28(2,17-23-18-29-25-16-10-9-15-24(23)25)31-27(33)34-19-21-11-5-3-6-12-21/h3-16,18,20,29H,17,19H2,1-2H3,(H,30,32)(H,31,33). The van der Waals surface area contributed by atoms with Crippen molar-refractivity contribution in [2.24, 2.45) is 0 Å². The summed E-state index contributed by atoms with van der Waals surface area (Å²) in [5.74, 6) is -0.286. The van der Waals surface area contributed by atoms with E-state index >= 15 is 0 Å². The summed E-state index contributed by atoms with van der Waals surface area (Å²) in [5, 5.41) is 6.90. The minimum Gasteiger partial charge on any atom is -0.445 e. The fourth-order valence-corrected chi connectivity index (χ4v) is 4.01. The van der Waals surface area contributed by atoms with Gasteiger partial charge < -0.3 is 20.4 Å². The summed E-state index contributed by atoms with van der Waals surface area (Å²) in [7, 11) is 0. The summed E-state index contributed by atoms with van der Waals surface area (Å²) < 4.78 is 5.43. The number of para-hydroxylation sites is 1. The van der Waals surface area contributed by atoms with Crippen LogP contribution in [-0.4, -0.2) is 22.5 Å². The average molecular weight is 456 g/mol. The Hall–Kier alpha value is -4.06. The maximum absolute atomic E-state index is 13.5. The van der Waals surface area contributed by atoms with E-state index in [-0.39, 0.29) is 18.6 Å². The molecule has 2 amide bonds. The summed E-state index contributed by atoms with van der Waals surface area (Å²) in [6.45, 7) is 3.77. The van der Waals surface area contributed by atoms with E-state index in [2.05, 4.69) is 15.6 Å². The first kappa shape index (κ1) is 23.1. The third-order valence-corrected chi connectivity index (χ3v) is 5.96. The van der Waals surface area contributed by atoms with Crippen molar-refractivity contribution in [3.05, 3.63) is 108 Å². The van der Waals surface area contributed by atoms with Gasteiger partial charge in [-0.05, 0) is 36.6 Å². The highest BCUT2D eigenvalue weighted by Crippen LogP contribution is 2.24. The van der Waals surface area contributed by atoms with Crippen molar-refractivity contribution in [1.29, 1.82) is 0 Å². The van der Waals surface area contributed by atoms with E-state index in [1.165, 1.54) is 0 Å². The monoisotopic (exact) mass is 455 g/mol. The van der Waals surface area contributed by atoms with Gasteiger partial charge in [-0.25, -0.2) is 4.79 Å². The Morgan fingerprint density at radius 2 is 1.59 bits per heavy atom. The number of ether oxygens (including phenoxy) is 1. The number of aromatic amines is 1. The van der Waals surface area contributed by atoms with Crippen molar-refractivity contribution < 1.29 is 14.3 Å². The maximum Gasteiger partial charge on any atom is 0.408 e. The zero-order chi connectivity index (χ0) is 24.0. The number of nitrogens with one attached hydrogen (secondary N) is 3. The normalized spacial score (nSPS) is 13.6.